The standard InChI is InChI=1S/C20H11Cl2N3/c1-2-13-11-23-20-24-18(14-3-7-16(21)8-4-14)19(25(20)12-13)15-5-9-17(22)10-6-15/h1,3-12H. The molecule has 0 saturated carbocycles. The van der Waals surface area contributed by atoms with Crippen LogP contribution in [-0.2, 0) is 0 Å². The minimum Gasteiger partial charge on any atom is -0.282 e. The van der Waals surface area contributed by atoms with E-state index in [0.717, 1.165) is 22.5 Å². The van der Waals surface area contributed by atoms with Gasteiger partial charge in [-0.2, -0.15) is 0 Å². The van der Waals surface area contributed by atoms with Crippen molar-refractivity contribution in [1.29, 1.82) is 0 Å². The fraction of sp³-hybridized carbons (Fsp3) is 0. The summed E-state index contributed by atoms with van der Waals surface area (Å²) in [7, 11) is 0. The van der Waals surface area contributed by atoms with E-state index in [0.29, 0.717) is 21.4 Å². The van der Waals surface area contributed by atoms with Crippen LogP contribution >= 0.6 is 23.2 Å². The van der Waals surface area contributed by atoms with Crippen LogP contribution in [-0.4, -0.2) is 14.4 Å². The van der Waals surface area contributed by atoms with Crippen LogP contribution in [0.5, 0.6) is 0 Å². The molecule has 0 aliphatic heterocycles. The Labute approximate surface area is 154 Å². The Bertz CT molecular complexity index is 1100. The number of fused-ring (bicyclic) bond motifs is 1. The molecule has 0 aliphatic rings. The Morgan fingerprint density at radius 1 is 0.880 bits per heavy atom. The van der Waals surface area contributed by atoms with Gasteiger partial charge in [-0.15, -0.1) is 6.42 Å². The van der Waals surface area contributed by atoms with E-state index >= 15 is 0 Å². The van der Waals surface area contributed by atoms with Gasteiger partial charge in [-0.3, -0.25) is 4.40 Å². The Morgan fingerprint density at radius 2 is 1.48 bits per heavy atom. The predicted molar refractivity (Wildman–Crippen MR) is 102 cm³/mol. The summed E-state index contributed by atoms with van der Waals surface area (Å²) in [6.07, 6.45) is 9.03. The topological polar surface area (TPSA) is 30.2 Å². The average molecular weight is 364 g/mol. The molecule has 2 aromatic carbocycles. The number of halogens is 2. The highest BCUT2D eigenvalue weighted by Gasteiger charge is 2.17. The number of hydrogen-bond donors (Lipinski definition) is 0. The van der Waals surface area contributed by atoms with Crippen LogP contribution in [0.1, 0.15) is 5.56 Å². The highest BCUT2D eigenvalue weighted by atomic mass is 35.5. The molecule has 0 spiro atoms. The zero-order valence-corrected chi connectivity index (χ0v) is 14.5. The summed E-state index contributed by atoms with van der Waals surface area (Å²) < 4.78 is 1.91. The number of benzene rings is 2. The molecule has 0 amide bonds. The van der Waals surface area contributed by atoms with Crippen LogP contribution in [0, 0.1) is 12.3 Å². The quantitative estimate of drug-likeness (QED) is 0.449. The molecule has 0 saturated heterocycles. The fourth-order valence-electron chi connectivity index (χ4n) is 2.70. The number of aromatic nitrogens is 3. The second kappa shape index (κ2) is 6.25. The third kappa shape index (κ3) is 2.87. The van der Waals surface area contributed by atoms with Crippen molar-refractivity contribution in [2.75, 3.05) is 0 Å². The molecule has 120 valence electrons. The monoisotopic (exact) mass is 363 g/mol. The first kappa shape index (κ1) is 15.7. The molecule has 5 heteroatoms. The molecule has 0 unspecified atom stereocenters. The van der Waals surface area contributed by atoms with Gasteiger partial charge < -0.3 is 0 Å². The molecule has 0 fully saturated rings. The lowest BCUT2D eigenvalue weighted by atomic mass is 10.0. The predicted octanol–water partition coefficient (Wildman–Crippen LogP) is 5.35. The SMILES string of the molecule is C#Cc1cnc2nc(-c3ccc(Cl)cc3)c(-c3ccc(Cl)cc3)n2c1. The van der Waals surface area contributed by atoms with E-state index in [1.807, 2.05) is 59.1 Å². The summed E-state index contributed by atoms with van der Waals surface area (Å²) in [5.74, 6) is 3.19. The third-order valence-electron chi connectivity index (χ3n) is 3.88. The van der Waals surface area contributed by atoms with Crippen molar-refractivity contribution in [2.24, 2.45) is 0 Å². The normalized spacial score (nSPS) is 10.8. The lowest BCUT2D eigenvalue weighted by Crippen LogP contribution is -1.93. The molecule has 0 bridgehead atoms. The molecule has 3 nitrogen and oxygen atoms in total. The van der Waals surface area contributed by atoms with Crippen molar-refractivity contribution >= 4 is 29.0 Å². The summed E-state index contributed by atoms with van der Waals surface area (Å²) >= 11 is 12.1. The van der Waals surface area contributed by atoms with Crippen molar-refractivity contribution in [3.63, 3.8) is 0 Å². The average Bonchev–Trinajstić information content (AvgIpc) is 3.01. The van der Waals surface area contributed by atoms with E-state index in [1.54, 1.807) is 6.20 Å². The lowest BCUT2D eigenvalue weighted by Gasteiger charge is -2.06. The van der Waals surface area contributed by atoms with Crippen molar-refractivity contribution in [3.05, 3.63) is 76.5 Å². The van der Waals surface area contributed by atoms with Gasteiger partial charge >= 0.3 is 0 Å². The molecule has 0 radical (unpaired) electrons. The van der Waals surface area contributed by atoms with E-state index in [1.165, 1.54) is 0 Å². The fourth-order valence-corrected chi connectivity index (χ4v) is 2.95. The van der Waals surface area contributed by atoms with E-state index < -0.39 is 0 Å². The van der Waals surface area contributed by atoms with Crippen LogP contribution < -0.4 is 0 Å². The molecule has 4 aromatic rings. The second-order valence-electron chi connectivity index (χ2n) is 5.48. The van der Waals surface area contributed by atoms with Gasteiger partial charge in [0.1, 0.15) is 0 Å². The Morgan fingerprint density at radius 3 is 2.08 bits per heavy atom. The second-order valence-corrected chi connectivity index (χ2v) is 6.35. The first-order chi connectivity index (χ1) is 12.2. The van der Waals surface area contributed by atoms with Crippen molar-refractivity contribution < 1.29 is 0 Å². The van der Waals surface area contributed by atoms with E-state index in [9.17, 15) is 0 Å². The number of terminal acetylenes is 1. The zero-order valence-electron chi connectivity index (χ0n) is 12.9. The van der Waals surface area contributed by atoms with Gasteiger partial charge in [-0.25, -0.2) is 9.97 Å². The maximum absolute atomic E-state index is 6.04. The number of rotatable bonds is 2. The molecule has 25 heavy (non-hydrogen) atoms. The van der Waals surface area contributed by atoms with Gasteiger partial charge in [0.15, 0.2) is 0 Å². The van der Waals surface area contributed by atoms with E-state index in [4.69, 9.17) is 34.6 Å². The first-order valence-electron chi connectivity index (χ1n) is 7.52. The Kier molecular flexibility index (Phi) is 3.93. The van der Waals surface area contributed by atoms with Gasteiger partial charge in [0.25, 0.3) is 0 Å². The van der Waals surface area contributed by atoms with Crippen LogP contribution in [0.4, 0.5) is 0 Å². The summed E-state index contributed by atoms with van der Waals surface area (Å²) in [6.45, 7) is 0. The molecule has 4 rings (SSSR count). The first-order valence-corrected chi connectivity index (χ1v) is 8.28. The molecule has 0 N–H and O–H groups in total. The largest absolute Gasteiger partial charge is 0.282 e. The highest BCUT2D eigenvalue weighted by Crippen LogP contribution is 2.33. The number of nitrogens with zero attached hydrogens (tertiary/aromatic N) is 3. The molecule has 2 aromatic heterocycles. The molecule has 2 heterocycles. The van der Waals surface area contributed by atoms with Crippen molar-refractivity contribution in [2.45, 2.75) is 0 Å². The summed E-state index contributed by atoms with van der Waals surface area (Å²) in [4.78, 5) is 9.07. The summed E-state index contributed by atoms with van der Waals surface area (Å²) in [6, 6.07) is 15.2. The zero-order chi connectivity index (χ0) is 17.4. The van der Waals surface area contributed by atoms with E-state index in [2.05, 4.69) is 10.9 Å². The molecule has 0 aliphatic carbocycles. The van der Waals surface area contributed by atoms with Crippen LogP contribution in [0.25, 0.3) is 28.3 Å². The van der Waals surface area contributed by atoms with Crippen LogP contribution in [0.2, 0.25) is 10.0 Å². The maximum atomic E-state index is 6.04. The van der Waals surface area contributed by atoms with Gasteiger partial charge in [0.05, 0.1) is 17.0 Å². The van der Waals surface area contributed by atoms with Gasteiger partial charge in [0.2, 0.25) is 5.78 Å². The highest BCUT2D eigenvalue weighted by molar-refractivity contribution is 6.31. The maximum Gasteiger partial charge on any atom is 0.234 e. The molecular formula is C20H11Cl2N3. The van der Waals surface area contributed by atoms with E-state index in [-0.39, 0.29) is 0 Å². The Balaban J connectivity index is 2.04. The van der Waals surface area contributed by atoms with Crippen LogP contribution in [0.3, 0.4) is 0 Å². The number of hydrogen-bond acceptors (Lipinski definition) is 2. The van der Waals surface area contributed by atoms with Gasteiger partial charge in [-0.05, 0) is 24.3 Å². The molecule has 0 atom stereocenters. The minimum absolute atomic E-state index is 0.578. The van der Waals surface area contributed by atoms with Gasteiger partial charge in [0, 0.05) is 33.6 Å². The molecular weight excluding hydrogens is 353 g/mol. The van der Waals surface area contributed by atoms with Gasteiger partial charge in [-0.1, -0.05) is 53.4 Å². The number of imidazole rings is 1. The summed E-state index contributed by atoms with van der Waals surface area (Å²) in [5, 5.41) is 1.35. The third-order valence-corrected chi connectivity index (χ3v) is 4.39. The smallest absolute Gasteiger partial charge is 0.234 e. The minimum atomic E-state index is 0.578. The van der Waals surface area contributed by atoms with Crippen molar-refractivity contribution in [1.82, 2.24) is 14.4 Å². The van der Waals surface area contributed by atoms with Crippen molar-refractivity contribution in [3.8, 4) is 34.9 Å². The lowest BCUT2D eigenvalue weighted by molar-refractivity contribution is 1.10. The summed E-state index contributed by atoms with van der Waals surface area (Å²) in [5.41, 5.74) is 4.31. The van der Waals surface area contributed by atoms with Crippen LogP contribution in [0.15, 0.2) is 60.9 Å². The Hall–Kier alpha value is -2.80.